The molecule has 0 saturated heterocycles. The van der Waals surface area contributed by atoms with Gasteiger partial charge in [0.15, 0.2) is 5.69 Å². The Morgan fingerprint density at radius 1 is 1.39 bits per heavy atom. The van der Waals surface area contributed by atoms with E-state index in [1.807, 2.05) is 13.8 Å². The van der Waals surface area contributed by atoms with Crippen LogP contribution in [0.5, 0.6) is 0 Å². The van der Waals surface area contributed by atoms with Crippen molar-refractivity contribution < 1.29 is 9.90 Å². The first-order valence-corrected chi connectivity index (χ1v) is 6.21. The van der Waals surface area contributed by atoms with Crippen molar-refractivity contribution in [1.29, 1.82) is 0 Å². The molecule has 0 spiro atoms. The Hall–Kier alpha value is -1.69. The lowest BCUT2D eigenvalue weighted by Crippen LogP contribution is -2.24. The third-order valence-corrected chi connectivity index (χ3v) is 2.49. The van der Waals surface area contributed by atoms with Crippen LogP contribution in [0.4, 0.5) is 5.82 Å². The Labute approximate surface area is 107 Å². The van der Waals surface area contributed by atoms with Crippen LogP contribution in [-0.2, 0) is 0 Å². The zero-order valence-corrected chi connectivity index (χ0v) is 10.8. The number of nitrogens with one attached hydrogen (secondary N) is 2. The highest BCUT2D eigenvalue weighted by Gasteiger charge is 2.06. The average Bonchev–Trinajstić information content (AvgIpc) is 2.39. The number of carbonyl (C=O) groups excluding carboxylic acids is 1. The third-order valence-electron chi connectivity index (χ3n) is 2.49. The Morgan fingerprint density at radius 3 is 2.72 bits per heavy atom. The molecule has 0 saturated carbocycles. The van der Waals surface area contributed by atoms with Crippen LogP contribution in [0.25, 0.3) is 0 Å². The first-order valence-electron chi connectivity index (χ1n) is 6.21. The second kappa shape index (κ2) is 7.60. The molecule has 0 bridgehead atoms. The van der Waals surface area contributed by atoms with Gasteiger partial charge in [0.05, 0.1) is 6.10 Å². The molecule has 0 radical (unpaired) electrons. The highest BCUT2D eigenvalue weighted by Crippen LogP contribution is 2.03. The van der Waals surface area contributed by atoms with Crippen molar-refractivity contribution in [3.63, 3.8) is 0 Å². The summed E-state index contributed by atoms with van der Waals surface area (Å²) in [5, 5.41) is 22.8. The van der Waals surface area contributed by atoms with Gasteiger partial charge in [-0.05, 0) is 31.9 Å². The number of aromatic nitrogens is 2. The quantitative estimate of drug-likeness (QED) is 0.668. The van der Waals surface area contributed by atoms with Crippen LogP contribution >= 0.6 is 0 Å². The largest absolute Gasteiger partial charge is 0.393 e. The van der Waals surface area contributed by atoms with Gasteiger partial charge in [0, 0.05) is 13.1 Å². The maximum Gasteiger partial charge on any atom is 0.271 e. The number of nitrogens with zero attached hydrogens (tertiary/aromatic N) is 2. The zero-order valence-electron chi connectivity index (χ0n) is 10.8. The molecule has 0 aliphatic rings. The minimum Gasteiger partial charge on any atom is -0.393 e. The van der Waals surface area contributed by atoms with Crippen molar-refractivity contribution in [2.24, 2.45) is 0 Å². The summed E-state index contributed by atoms with van der Waals surface area (Å²) in [6.45, 7) is 4.98. The summed E-state index contributed by atoms with van der Waals surface area (Å²) in [5.41, 5.74) is 0.302. The molecular formula is C12H20N4O2. The van der Waals surface area contributed by atoms with Crippen LogP contribution in [0.3, 0.4) is 0 Å². The molecule has 1 heterocycles. The molecule has 0 aliphatic carbocycles. The molecule has 1 unspecified atom stereocenters. The van der Waals surface area contributed by atoms with Crippen molar-refractivity contribution in [2.75, 3.05) is 18.4 Å². The summed E-state index contributed by atoms with van der Waals surface area (Å²) >= 11 is 0. The van der Waals surface area contributed by atoms with E-state index in [-0.39, 0.29) is 12.0 Å². The normalized spacial score (nSPS) is 11.9. The van der Waals surface area contributed by atoms with Gasteiger partial charge in [0.25, 0.3) is 5.91 Å². The average molecular weight is 252 g/mol. The van der Waals surface area contributed by atoms with E-state index in [4.69, 9.17) is 0 Å². The van der Waals surface area contributed by atoms with Crippen LogP contribution in [0, 0.1) is 0 Å². The van der Waals surface area contributed by atoms with Gasteiger partial charge in [-0.1, -0.05) is 6.92 Å². The van der Waals surface area contributed by atoms with Crippen molar-refractivity contribution in [3.05, 3.63) is 17.8 Å². The smallest absolute Gasteiger partial charge is 0.271 e. The monoisotopic (exact) mass is 252 g/mol. The predicted molar refractivity (Wildman–Crippen MR) is 69.4 cm³/mol. The van der Waals surface area contributed by atoms with Gasteiger partial charge in [-0.3, -0.25) is 4.79 Å². The van der Waals surface area contributed by atoms with Crippen LogP contribution in [0.15, 0.2) is 12.1 Å². The van der Waals surface area contributed by atoms with Crippen molar-refractivity contribution in [3.8, 4) is 0 Å². The van der Waals surface area contributed by atoms with Crippen LogP contribution in [-0.4, -0.2) is 40.4 Å². The van der Waals surface area contributed by atoms with E-state index in [9.17, 15) is 9.90 Å². The first-order chi connectivity index (χ1) is 8.67. The molecule has 0 fully saturated rings. The second-order valence-corrected chi connectivity index (χ2v) is 3.94. The van der Waals surface area contributed by atoms with Gasteiger partial charge in [-0.2, -0.15) is 0 Å². The summed E-state index contributed by atoms with van der Waals surface area (Å²) in [4.78, 5) is 11.4. The molecule has 6 heteroatoms. The fraction of sp³-hybridized carbons (Fsp3) is 0.583. The predicted octanol–water partition coefficient (Wildman–Crippen LogP) is 0.799. The molecule has 1 amide bonds. The number of hydrogen-bond acceptors (Lipinski definition) is 5. The van der Waals surface area contributed by atoms with E-state index in [0.717, 1.165) is 6.42 Å². The first kappa shape index (κ1) is 14.4. The fourth-order valence-corrected chi connectivity index (χ4v) is 1.37. The fourth-order valence-electron chi connectivity index (χ4n) is 1.37. The summed E-state index contributed by atoms with van der Waals surface area (Å²) in [5.74, 6) is 0.379. The Kier molecular flexibility index (Phi) is 6.07. The summed E-state index contributed by atoms with van der Waals surface area (Å²) < 4.78 is 0. The highest BCUT2D eigenvalue weighted by molar-refractivity contribution is 5.92. The SMILES string of the molecule is CCNC(=O)c1ccc(NCCC(O)CC)nn1. The number of aliphatic hydroxyl groups excluding tert-OH is 1. The van der Waals surface area contributed by atoms with Crippen molar-refractivity contribution >= 4 is 11.7 Å². The van der Waals surface area contributed by atoms with E-state index in [1.165, 1.54) is 0 Å². The number of amides is 1. The molecular weight excluding hydrogens is 232 g/mol. The number of aliphatic hydroxyl groups is 1. The number of anilines is 1. The molecule has 6 nitrogen and oxygen atoms in total. The van der Waals surface area contributed by atoms with Gasteiger partial charge < -0.3 is 15.7 Å². The minimum atomic E-state index is -0.292. The molecule has 1 rings (SSSR count). The Balaban J connectivity index is 2.43. The van der Waals surface area contributed by atoms with Gasteiger partial charge in [0.2, 0.25) is 0 Å². The summed E-state index contributed by atoms with van der Waals surface area (Å²) in [6, 6.07) is 3.33. The molecule has 0 aromatic carbocycles. The third kappa shape index (κ3) is 4.67. The molecule has 3 N–H and O–H groups in total. The van der Waals surface area contributed by atoms with E-state index >= 15 is 0 Å². The molecule has 0 aliphatic heterocycles. The summed E-state index contributed by atoms with van der Waals surface area (Å²) in [7, 11) is 0. The Bertz CT molecular complexity index is 367. The van der Waals surface area contributed by atoms with Crippen LogP contribution < -0.4 is 10.6 Å². The maximum absolute atomic E-state index is 11.4. The summed E-state index contributed by atoms with van der Waals surface area (Å²) in [6.07, 6.45) is 1.11. The van der Waals surface area contributed by atoms with Crippen LogP contribution in [0.2, 0.25) is 0 Å². The second-order valence-electron chi connectivity index (χ2n) is 3.94. The Morgan fingerprint density at radius 2 is 2.17 bits per heavy atom. The lowest BCUT2D eigenvalue weighted by atomic mass is 10.2. The van der Waals surface area contributed by atoms with E-state index in [0.29, 0.717) is 31.0 Å². The highest BCUT2D eigenvalue weighted by atomic mass is 16.3. The number of hydrogen-bond donors (Lipinski definition) is 3. The number of rotatable bonds is 7. The van der Waals surface area contributed by atoms with Gasteiger partial charge in [-0.15, -0.1) is 10.2 Å². The van der Waals surface area contributed by atoms with Gasteiger partial charge in [0.1, 0.15) is 5.82 Å². The lowest BCUT2D eigenvalue weighted by molar-refractivity contribution is 0.0950. The molecule has 1 atom stereocenters. The topological polar surface area (TPSA) is 87.1 Å². The van der Waals surface area contributed by atoms with Gasteiger partial charge in [-0.25, -0.2) is 0 Å². The zero-order chi connectivity index (χ0) is 13.4. The number of carbonyl (C=O) groups is 1. The van der Waals surface area contributed by atoms with E-state index < -0.39 is 0 Å². The standard InChI is InChI=1S/C12H20N4O2/c1-3-9(17)7-8-14-11-6-5-10(15-16-11)12(18)13-4-2/h5-6,9,17H,3-4,7-8H2,1-2H3,(H,13,18)(H,14,16). The molecule has 100 valence electrons. The van der Waals surface area contributed by atoms with Gasteiger partial charge >= 0.3 is 0 Å². The minimum absolute atomic E-state index is 0.224. The maximum atomic E-state index is 11.4. The molecule has 18 heavy (non-hydrogen) atoms. The van der Waals surface area contributed by atoms with Crippen LogP contribution in [0.1, 0.15) is 37.2 Å². The molecule has 1 aromatic heterocycles. The molecule has 1 aromatic rings. The van der Waals surface area contributed by atoms with Crippen molar-refractivity contribution in [1.82, 2.24) is 15.5 Å². The lowest BCUT2D eigenvalue weighted by Gasteiger charge is -2.08. The van der Waals surface area contributed by atoms with E-state index in [1.54, 1.807) is 12.1 Å². The van der Waals surface area contributed by atoms with Crippen molar-refractivity contribution in [2.45, 2.75) is 32.8 Å². The van der Waals surface area contributed by atoms with E-state index in [2.05, 4.69) is 20.8 Å².